The topological polar surface area (TPSA) is 55.8 Å². The van der Waals surface area contributed by atoms with E-state index in [4.69, 9.17) is 4.89 Å². The summed E-state index contributed by atoms with van der Waals surface area (Å²) in [5.41, 5.74) is 0. The summed E-state index contributed by atoms with van der Waals surface area (Å²) in [7, 11) is -3.69. The largest absolute Gasteiger partial charge is 0.472 e. The smallest absolute Gasteiger partial charge is 0.302 e. The van der Waals surface area contributed by atoms with E-state index in [1.165, 1.54) is 32.1 Å². The first-order chi connectivity index (χ1) is 7.54. The van der Waals surface area contributed by atoms with Gasteiger partial charge in [-0.2, -0.15) is 0 Å². The van der Waals surface area contributed by atoms with Gasteiger partial charge in [-0.1, -0.05) is 46.0 Å². The first-order valence-electron chi connectivity index (χ1n) is 6.15. The average Bonchev–Trinajstić information content (AvgIpc) is 2.19. The first kappa shape index (κ1) is 18.5. The molecule has 0 aromatic carbocycles. The average molecular weight is 254 g/mol. The fraction of sp³-hybridized carbons (Fsp3) is 1.00. The van der Waals surface area contributed by atoms with Crippen LogP contribution >= 0.6 is 7.82 Å². The maximum absolute atomic E-state index is 10.5. The molecular formula is C11H27O4P. The standard InChI is InChI=1S/C7H16.C4H11O4P/c1-3-5-7-6-4-2;1-3-7-9(5,6)8-4-2/h3-7H2,1-2H3;3-4H2,1-2H3,(H,5,6). The summed E-state index contributed by atoms with van der Waals surface area (Å²) in [6.45, 7) is 8.12. The zero-order chi connectivity index (χ0) is 12.9. The van der Waals surface area contributed by atoms with Crippen molar-refractivity contribution in [3.8, 4) is 0 Å². The number of unbranched alkanes of at least 4 members (excludes halogenated alkanes) is 4. The number of phosphoric acid groups is 1. The quantitative estimate of drug-likeness (QED) is 0.522. The van der Waals surface area contributed by atoms with Crippen molar-refractivity contribution in [3.63, 3.8) is 0 Å². The van der Waals surface area contributed by atoms with Crippen molar-refractivity contribution in [3.05, 3.63) is 0 Å². The van der Waals surface area contributed by atoms with Gasteiger partial charge in [-0.3, -0.25) is 9.05 Å². The summed E-state index contributed by atoms with van der Waals surface area (Å²) in [4.78, 5) is 8.63. The summed E-state index contributed by atoms with van der Waals surface area (Å²) in [6, 6.07) is 0. The highest BCUT2D eigenvalue weighted by Gasteiger charge is 2.17. The SMILES string of the molecule is CCCCCCC.CCOP(=O)(O)OCC. The van der Waals surface area contributed by atoms with Crippen LogP contribution in [-0.4, -0.2) is 18.1 Å². The number of rotatable bonds is 8. The zero-order valence-electron chi connectivity index (χ0n) is 11.1. The van der Waals surface area contributed by atoms with Gasteiger partial charge >= 0.3 is 7.82 Å². The van der Waals surface area contributed by atoms with Gasteiger partial charge in [0.1, 0.15) is 0 Å². The van der Waals surface area contributed by atoms with Crippen LogP contribution in [0, 0.1) is 0 Å². The second-order valence-corrected chi connectivity index (χ2v) is 4.82. The minimum Gasteiger partial charge on any atom is -0.302 e. The van der Waals surface area contributed by atoms with Crippen LogP contribution in [-0.2, 0) is 13.6 Å². The van der Waals surface area contributed by atoms with Crippen molar-refractivity contribution in [1.29, 1.82) is 0 Å². The first-order valence-corrected chi connectivity index (χ1v) is 7.65. The molecule has 0 aliphatic rings. The molecule has 0 aliphatic heterocycles. The van der Waals surface area contributed by atoms with E-state index in [2.05, 4.69) is 22.9 Å². The van der Waals surface area contributed by atoms with Gasteiger partial charge in [-0.05, 0) is 13.8 Å². The molecule has 0 bridgehead atoms. The molecule has 0 unspecified atom stereocenters. The van der Waals surface area contributed by atoms with Crippen LogP contribution in [0.25, 0.3) is 0 Å². The normalized spacial score (nSPS) is 10.8. The van der Waals surface area contributed by atoms with Gasteiger partial charge < -0.3 is 4.89 Å². The Balaban J connectivity index is 0. The van der Waals surface area contributed by atoms with Gasteiger partial charge in [0.2, 0.25) is 0 Å². The molecule has 0 amide bonds. The fourth-order valence-electron chi connectivity index (χ4n) is 1.04. The van der Waals surface area contributed by atoms with Crippen LogP contribution in [0.5, 0.6) is 0 Å². The summed E-state index contributed by atoms with van der Waals surface area (Å²) in [5, 5.41) is 0. The summed E-state index contributed by atoms with van der Waals surface area (Å²) < 4.78 is 19.2. The summed E-state index contributed by atoms with van der Waals surface area (Å²) >= 11 is 0. The van der Waals surface area contributed by atoms with Crippen molar-refractivity contribution in [2.45, 2.75) is 59.8 Å². The monoisotopic (exact) mass is 254 g/mol. The maximum atomic E-state index is 10.5. The minimum absolute atomic E-state index is 0.188. The molecule has 16 heavy (non-hydrogen) atoms. The third-order valence-electron chi connectivity index (χ3n) is 1.79. The molecular weight excluding hydrogens is 227 g/mol. The van der Waals surface area contributed by atoms with Gasteiger partial charge in [0.25, 0.3) is 0 Å². The van der Waals surface area contributed by atoms with E-state index in [0.717, 1.165) is 0 Å². The zero-order valence-corrected chi connectivity index (χ0v) is 12.0. The molecule has 100 valence electrons. The highest BCUT2D eigenvalue weighted by molar-refractivity contribution is 7.47. The van der Waals surface area contributed by atoms with Crippen LogP contribution in [0.1, 0.15) is 59.8 Å². The third-order valence-corrected chi connectivity index (χ3v) is 2.96. The fourth-order valence-corrected chi connectivity index (χ4v) is 1.77. The van der Waals surface area contributed by atoms with E-state index in [0.29, 0.717) is 0 Å². The molecule has 0 fully saturated rings. The lowest BCUT2D eigenvalue weighted by Crippen LogP contribution is -1.93. The van der Waals surface area contributed by atoms with Crippen LogP contribution in [0.2, 0.25) is 0 Å². The van der Waals surface area contributed by atoms with Gasteiger partial charge in [0, 0.05) is 0 Å². The summed E-state index contributed by atoms with van der Waals surface area (Å²) in [6.07, 6.45) is 7.01. The van der Waals surface area contributed by atoms with E-state index in [9.17, 15) is 4.57 Å². The molecule has 4 nitrogen and oxygen atoms in total. The van der Waals surface area contributed by atoms with Crippen LogP contribution < -0.4 is 0 Å². The minimum atomic E-state index is -3.69. The lowest BCUT2D eigenvalue weighted by Gasteiger charge is -2.07. The molecule has 0 spiro atoms. The van der Waals surface area contributed by atoms with Gasteiger partial charge in [0.15, 0.2) is 0 Å². The Hall–Kier alpha value is 0.110. The molecule has 0 saturated carbocycles. The molecule has 0 saturated heterocycles. The van der Waals surface area contributed by atoms with Crippen molar-refractivity contribution in [2.75, 3.05) is 13.2 Å². The van der Waals surface area contributed by atoms with Crippen LogP contribution in [0.3, 0.4) is 0 Å². The van der Waals surface area contributed by atoms with Crippen molar-refractivity contribution in [1.82, 2.24) is 0 Å². The summed E-state index contributed by atoms with van der Waals surface area (Å²) in [5.74, 6) is 0. The molecule has 1 N–H and O–H groups in total. The molecule has 5 heteroatoms. The Morgan fingerprint density at radius 1 is 0.875 bits per heavy atom. The second kappa shape index (κ2) is 13.2. The van der Waals surface area contributed by atoms with Gasteiger partial charge in [0.05, 0.1) is 13.2 Å². The molecule has 0 atom stereocenters. The Kier molecular flexibility index (Phi) is 15.2. The predicted octanol–water partition coefficient (Wildman–Crippen LogP) is 4.14. The number of hydrogen-bond donors (Lipinski definition) is 1. The second-order valence-electron chi connectivity index (χ2n) is 3.36. The Bertz CT molecular complexity index is 159. The van der Waals surface area contributed by atoms with Crippen LogP contribution in [0.15, 0.2) is 0 Å². The van der Waals surface area contributed by atoms with Crippen LogP contribution in [0.4, 0.5) is 0 Å². The van der Waals surface area contributed by atoms with E-state index in [1.54, 1.807) is 13.8 Å². The van der Waals surface area contributed by atoms with Crippen molar-refractivity contribution < 1.29 is 18.5 Å². The molecule has 0 radical (unpaired) electrons. The number of hydrogen-bond acceptors (Lipinski definition) is 3. The van der Waals surface area contributed by atoms with Gasteiger partial charge in [-0.15, -0.1) is 0 Å². The Morgan fingerprint density at radius 2 is 1.25 bits per heavy atom. The molecule has 0 rings (SSSR count). The Morgan fingerprint density at radius 3 is 1.50 bits per heavy atom. The van der Waals surface area contributed by atoms with E-state index < -0.39 is 7.82 Å². The maximum Gasteiger partial charge on any atom is 0.472 e. The molecule has 0 heterocycles. The number of phosphoric ester groups is 1. The highest BCUT2D eigenvalue weighted by atomic mass is 31.2. The third kappa shape index (κ3) is 16.5. The highest BCUT2D eigenvalue weighted by Crippen LogP contribution is 2.42. The molecule has 0 aliphatic carbocycles. The van der Waals surface area contributed by atoms with E-state index >= 15 is 0 Å². The van der Waals surface area contributed by atoms with Gasteiger partial charge in [-0.25, -0.2) is 4.57 Å². The lowest BCUT2D eigenvalue weighted by atomic mass is 10.2. The van der Waals surface area contributed by atoms with E-state index in [-0.39, 0.29) is 13.2 Å². The van der Waals surface area contributed by atoms with Crippen molar-refractivity contribution >= 4 is 7.82 Å². The molecule has 0 aromatic heterocycles. The Labute approximate surface area is 100.0 Å². The lowest BCUT2D eigenvalue weighted by molar-refractivity contribution is 0.161. The van der Waals surface area contributed by atoms with Crippen molar-refractivity contribution in [2.24, 2.45) is 0 Å². The van der Waals surface area contributed by atoms with E-state index in [1.807, 2.05) is 0 Å². The predicted molar refractivity (Wildman–Crippen MR) is 67.5 cm³/mol. The molecule has 0 aromatic rings.